The third-order valence-electron chi connectivity index (χ3n) is 3.09. The van der Waals surface area contributed by atoms with Gasteiger partial charge in [0, 0.05) is 13.1 Å². The molecule has 2 heterocycles. The van der Waals surface area contributed by atoms with Crippen LogP contribution in [0.3, 0.4) is 0 Å². The molecule has 0 amide bonds. The number of ether oxygens (including phenoxy) is 1. The highest BCUT2D eigenvalue weighted by molar-refractivity contribution is 7.22. The maximum absolute atomic E-state index is 10.8. The molecule has 1 aliphatic rings. The number of hydrogen-bond acceptors (Lipinski definition) is 5. The summed E-state index contributed by atoms with van der Waals surface area (Å²) in [6.45, 7) is 1.10. The monoisotopic (exact) mass is 264 g/mol. The van der Waals surface area contributed by atoms with Gasteiger partial charge < -0.3 is 14.7 Å². The normalized spacial score (nSPS) is 15.7. The Morgan fingerprint density at radius 1 is 1.56 bits per heavy atom. The Hall–Kier alpha value is -1.82. The summed E-state index contributed by atoms with van der Waals surface area (Å²) in [5.41, 5.74) is 0.926. The van der Waals surface area contributed by atoms with Crippen LogP contribution >= 0.6 is 11.3 Å². The molecule has 2 aromatic rings. The van der Waals surface area contributed by atoms with E-state index in [0.717, 1.165) is 21.1 Å². The summed E-state index contributed by atoms with van der Waals surface area (Å²) in [5, 5.41) is 9.73. The smallest absolute Gasteiger partial charge is 0.310 e. The van der Waals surface area contributed by atoms with Gasteiger partial charge in [-0.05, 0) is 18.2 Å². The van der Waals surface area contributed by atoms with Gasteiger partial charge in [-0.1, -0.05) is 11.3 Å². The van der Waals surface area contributed by atoms with E-state index in [0.29, 0.717) is 13.1 Å². The number of carboxylic acid groups (broad SMARTS) is 1. The van der Waals surface area contributed by atoms with Crippen molar-refractivity contribution in [3.05, 3.63) is 18.2 Å². The van der Waals surface area contributed by atoms with Crippen LogP contribution in [0.4, 0.5) is 5.13 Å². The molecule has 1 saturated heterocycles. The molecule has 1 aromatic carbocycles. The maximum atomic E-state index is 10.8. The second-order valence-corrected chi connectivity index (χ2v) is 5.28. The lowest BCUT2D eigenvalue weighted by atomic mass is 10.0. The van der Waals surface area contributed by atoms with Gasteiger partial charge in [0.1, 0.15) is 5.75 Å². The number of aliphatic carboxylic acids is 1. The summed E-state index contributed by atoms with van der Waals surface area (Å²) in [4.78, 5) is 17.2. The minimum Gasteiger partial charge on any atom is -0.497 e. The lowest BCUT2D eigenvalue weighted by molar-refractivity contribution is -0.142. The van der Waals surface area contributed by atoms with E-state index in [1.165, 1.54) is 0 Å². The molecule has 0 aliphatic carbocycles. The van der Waals surface area contributed by atoms with Crippen LogP contribution in [-0.2, 0) is 4.79 Å². The molecule has 3 rings (SSSR count). The number of nitrogens with zero attached hydrogens (tertiary/aromatic N) is 2. The van der Waals surface area contributed by atoms with E-state index in [4.69, 9.17) is 9.84 Å². The number of anilines is 1. The average Bonchev–Trinajstić information content (AvgIpc) is 2.68. The zero-order valence-corrected chi connectivity index (χ0v) is 10.6. The van der Waals surface area contributed by atoms with Crippen molar-refractivity contribution in [3.8, 4) is 5.75 Å². The van der Waals surface area contributed by atoms with Crippen LogP contribution in [0.25, 0.3) is 10.2 Å². The average molecular weight is 264 g/mol. The minimum absolute atomic E-state index is 0.258. The van der Waals surface area contributed by atoms with Crippen molar-refractivity contribution in [2.45, 2.75) is 0 Å². The Labute approximate surface area is 108 Å². The Bertz CT molecular complexity index is 604. The van der Waals surface area contributed by atoms with E-state index >= 15 is 0 Å². The molecule has 1 N–H and O–H groups in total. The van der Waals surface area contributed by atoms with Gasteiger partial charge in [-0.15, -0.1) is 0 Å². The fourth-order valence-corrected chi connectivity index (χ4v) is 2.96. The lowest BCUT2D eigenvalue weighted by Gasteiger charge is -2.36. The number of thiazole rings is 1. The standard InChI is InChI=1S/C12H12N2O3S/c1-17-8-2-3-9-10(4-8)18-12(13-9)14-5-7(6-14)11(15)16/h2-4,7H,5-6H2,1H3,(H,15,16). The van der Waals surface area contributed by atoms with Gasteiger partial charge in [0.25, 0.3) is 0 Å². The number of carboxylic acids is 1. The number of carbonyl (C=O) groups is 1. The predicted molar refractivity (Wildman–Crippen MR) is 69.5 cm³/mol. The van der Waals surface area contributed by atoms with Crippen molar-refractivity contribution in [1.29, 1.82) is 0 Å². The molecule has 5 nitrogen and oxygen atoms in total. The number of methoxy groups -OCH3 is 1. The quantitative estimate of drug-likeness (QED) is 0.916. The van der Waals surface area contributed by atoms with E-state index in [-0.39, 0.29) is 5.92 Å². The third-order valence-corrected chi connectivity index (χ3v) is 4.16. The van der Waals surface area contributed by atoms with Gasteiger partial charge in [-0.25, -0.2) is 4.98 Å². The molecule has 0 saturated carbocycles. The number of benzene rings is 1. The summed E-state index contributed by atoms with van der Waals surface area (Å²) < 4.78 is 6.23. The summed E-state index contributed by atoms with van der Waals surface area (Å²) in [7, 11) is 1.63. The van der Waals surface area contributed by atoms with Gasteiger partial charge in [0.2, 0.25) is 0 Å². The first-order valence-electron chi connectivity index (χ1n) is 5.59. The van der Waals surface area contributed by atoms with Crippen molar-refractivity contribution in [1.82, 2.24) is 4.98 Å². The third kappa shape index (κ3) is 1.78. The molecule has 94 valence electrons. The fourth-order valence-electron chi connectivity index (χ4n) is 1.95. The van der Waals surface area contributed by atoms with Crippen LogP contribution in [0.5, 0.6) is 5.75 Å². The first kappa shape index (κ1) is 11.3. The highest BCUT2D eigenvalue weighted by Crippen LogP contribution is 2.34. The zero-order chi connectivity index (χ0) is 12.7. The van der Waals surface area contributed by atoms with Crippen molar-refractivity contribution < 1.29 is 14.6 Å². The number of fused-ring (bicyclic) bond motifs is 1. The molecule has 1 aliphatic heterocycles. The lowest BCUT2D eigenvalue weighted by Crippen LogP contribution is -2.50. The van der Waals surface area contributed by atoms with Gasteiger partial charge in [0.15, 0.2) is 5.13 Å². The SMILES string of the molecule is COc1ccc2nc(N3CC(C(=O)O)C3)sc2c1. The number of hydrogen-bond donors (Lipinski definition) is 1. The number of rotatable bonds is 3. The minimum atomic E-state index is -0.728. The summed E-state index contributed by atoms with van der Waals surface area (Å²) in [6, 6.07) is 5.75. The molecule has 0 radical (unpaired) electrons. The van der Waals surface area contributed by atoms with Crippen LogP contribution in [0.15, 0.2) is 18.2 Å². The molecule has 1 aromatic heterocycles. The van der Waals surface area contributed by atoms with Gasteiger partial charge >= 0.3 is 5.97 Å². The summed E-state index contributed by atoms with van der Waals surface area (Å²) >= 11 is 1.57. The molecule has 1 fully saturated rings. The van der Waals surface area contributed by atoms with Crippen LogP contribution in [0.1, 0.15) is 0 Å². The Balaban J connectivity index is 1.84. The molecule has 6 heteroatoms. The van der Waals surface area contributed by atoms with Crippen LogP contribution in [0, 0.1) is 5.92 Å². The van der Waals surface area contributed by atoms with Gasteiger partial charge in [-0.2, -0.15) is 0 Å². The second-order valence-electron chi connectivity index (χ2n) is 4.27. The topological polar surface area (TPSA) is 62.7 Å². The van der Waals surface area contributed by atoms with Crippen molar-refractivity contribution >= 4 is 32.7 Å². The number of aromatic nitrogens is 1. The van der Waals surface area contributed by atoms with E-state index in [2.05, 4.69) is 4.98 Å². The van der Waals surface area contributed by atoms with E-state index in [1.54, 1.807) is 18.4 Å². The molecular weight excluding hydrogens is 252 g/mol. The Morgan fingerprint density at radius 2 is 2.33 bits per heavy atom. The van der Waals surface area contributed by atoms with E-state index in [9.17, 15) is 4.79 Å². The maximum Gasteiger partial charge on any atom is 0.310 e. The van der Waals surface area contributed by atoms with Crippen molar-refractivity contribution in [3.63, 3.8) is 0 Å². The first-order chi connectivity index (χ1) is 8.67. The molecule has 0 spiro atoms. The Kier molecular flexibility index (Phi) is 2.59. The molecule has 18 heavy (non-hydrogen) atoms. The van der Waals surface area contributed by atoms with Crippen LogP contribution < -0.4 is 9.64 Å². The molecule has 0 unspecified atom stereocenters. The fraction of sp³-hybridized carbons (Fsp3) is 0.333. The van der Waals surface area contributed by atoms with E-state index in [1.807, 2.05) is 23.1 Å². The molecule has 0 atom stereocenters. The van der Waals surface area contributed by atoms with Crippen molar-refractivity contribution in [2.24, 2.45) is 5.92 Å². The highest BCUT2D eigenvalue weighted by Gasteiger charge is 2.34. The van der Waals surface area contributed by atoms with Crippen LogP contribution in [0.2, 0.25) is 0 Å². The summed E-state index contributed by atoms with van der Waals surface area (Å²) in [6.07, 6.45) is 0. The van der Waals surface area contributed by atoms with Gasteiger partial charge in [-0.3, -0.25) is 4.79 Å². The molecular formula is C12H12N2O3S. The molecule has 0 bridgehead atoms. The highest BCUT2D eigenvalue weighted by atomic mass is 32.1. The predicted octanol–water partition coefficient (Wildman–Crippen LogP) is 1.83. The van der Waals surface area contributed by atoms with Gasteiger partial charge in [0.05, 0.1) is 23.2 Å². The van der Waals surface area contributed by atoms with Crippen molar-refractivity contribution in [2.75, 3.05) is 25.1 Å². The first-order valence-corrected chi connectivity index (χ1v) is 6.41. The second kappa shape index (κ2) is 4.13. The van der Waals surface area contributed by atoms with Crippen LogP contribution in [-0.4, -0.2) is 36.3 Å². The van der Waals surface area contributed by atoms with E-state index < -0.39 is 5.97 Å². The summed E-state index contributed by atoms with van der Waals surface area (Å²) in [5.74, 6) is -0.176. The Morgan fingerprint density at radius 3 is 3.00 bits per heavy atom. The zero-order valence-electron chi connectivity index (χ0n) is 9.79. The largest absolute Gasteiger partial charge is 0.497 e.